The molecule has 1 N–H and O–H groups in total. The molecule has 2 fully saturated rings. The van der Waals surface area contributed by atoms with E-state index in [0.29, 0.717) is 45.4 Å². The lowest BCUT2D eigenvalue weighted by Crippen LogP contribution is -2.54. The number of aryl methyl sites for hydroxylation is 1. The maximum absolute atomic E-state index is 13.2. The van der Waals surface area contributed by atoms with Crippen molar-refractivity contribution in [3.05, 3.63) is 59.5 Å². The van der Waals surface area contributed by atoms with Crippen LogP contribution in [-0.4, -0.2) is 76.7 Å². The van der Waals surface area contributed by atoms with E-state index in [9.17, 15) is 19.2 Å². The van der Waals surface area contributed by atoms with Crippen molar-refractivity contribution in [2.45, 2.75) is 24.8 Å². The summed E-state index contributed by atoms with van der Waals surface area (Å²) in [4.78, 5) is 55.3. The molecule has 1 aromatic carbocycles. The molecular weight excluding hydrogens is 412 g/mol. The van der Waals surface area contributed by atoms with Crippen LogP contribution in [0.2, 0.25) is 0 Å². The van der Waals surface area contributed by atoms with Crippen molar-refractivity contribution in [3.63, 3.8) is 0 Å². The Kier molecular flexibility index (Phi) is 4.96. The Morgan fingerprint density at radius 3 is 2.41 bits per heavy atom. The first kappa shape index (κ1) is 20.3. The number of rotatable bonds is 3. The number of fused-ring (bicyclic) bond motifs is 1. The minimum absolute atomic E-state index is 0.212. The highest BCUT2D eigenvalue weighted by Crippen LogP contribution is 2.33. The Hall–Kier alpha value is -3.62. The van der Waals surface area contributed by atoms with Gasteiger partial charge in [-0.1, -0.05) is 24.3 Å². The number of amides is 5. The SMILES string of the molecule is O=C(CN1C(=O)NC2(CCc3ccccc3C2)C1=O)N1CCN(C(=O)c2ccco2)CC1. The fourth-order valence-electron chi connectivity index (χ4n) is 4.79. The second-order valence-electron chi connectivity index (χ2n) is 8.50. The molecule has 5 amide bonds. The van der Waals surface area contributed by atoms with Gasteiger partial charge < -0.3 is 19.5 Å². The van der Waals surface area contributed by atoms with Crippen molar-refractivity contribution < 1.29 is 23.6 Å². The van der Waals surface area contributed by atoms with Gasteiger partial charge in [-0.2, -0.15) is 0 Å². The molecule has 3 heterocycles. The average Bonchev–Trinajstić information content (AvgIpc) is 3.42. The molecule has 32 heavy (non-hydrogen) atoms. The summed E-state index contributed by atoms with van der Waals surface area (Å²) in [5, 5.41) is 2.86. The summed E-state index contributed by atoms with van der Waals surface area (Å²) in [7, 11) is 0. The number of benzene rings is 1. The van der Waals surface area contributed by atoms with Gasteiger partial charge in [0.25, 0.3) is 11.8 Å². The Morgan fingerprint density at radius 1 is 0.969 bits per heavy atom. The van der Waals surface area contributed by atoms with Crippen molar-refractivity contribution in [1.29, 1.82) is 0 Å². The maximum Gasteiger partial charge on any atom is 0.325 e. The third kappa shape index (κ3) is 3.43. The van der Waals surface area contributed by atoms with E-state index >= 15 is 0 Å². The molecule has 2 aliphatic heterocycles. The van der Waals surface area contributed by atoms with E-state index in [-0.39, 0.29) is 30.0 Å². The molecule has 166 valence electrons. The monoisotopic (exact) mass is 436 g/mol. The smallest absolute Gasteiger partial charge is 0.325 e. The topological polar surface area (TPSA) is 103 Å². The van der Waals surface area contributed by atoms with Gasteiger partial charge in [0.1, 0.15) is 12.1 Å². The summed E-state index contributed by atoms with van der Waals surface area (Å²) in [6.45, 7) is 1.12. The number of piperazine rings is 1. The number of nitrogens with one attached hydrogen (secondary N) is 1. The summed E-state index contributed by atoms with van der Waals surface area (Å²) >= 11 is 0. The standard InChI is InChI=1S/C23H24N4O5/c28-19(25-9-11-26(12-10-25)20(29)18-6-3-13-32-18)15-27-21(30)23(24-22(27)31)8-7-16-4-1-2-5-17(16)14-23/h1-6,13H,7-12,14-15H2,(H,24,31). The van der Waals surface area contributed by atoms with Gasteiger partial charge in [-0.05, 0) is 36.1 Å². The zero-order valence-electron chi connectivity index (χ0n) is 17.6. The summed E-state index contributed by atoms with van der Waals surface area (Å²) in [6, 6.07) is 10.7. The third-order valence-corrected chi connectivity index (χ3v) is 6.62. The second kappa shape index (κ2) is 7.81. The number of hydrogen-bond acceptors (Lipinski definition) is 5. The van der Waals surface area contributed by atoms with Gasteiger partial charge in [0.15, 0.2) is 5.76 Å². The Morgan fingerprint density at radius 2 is 1.69 bits per heavy atom. The molecule has 1 spiro atoms. The Labute approximate surface area is 184 Å². The largest absolute Gasteiger partial charge is 0.459 e. The summed E-state index contributed by atoms with van der Waals surface area (Å²) < 4.78 is 5.15. The second-order valence-corrected chi connectivity index (χ2v) is 8.50. The van der Waals surface area contributed by atoms with Crippen LogP contribution < -0.4 is 5.32 Å². The van der Waals surface area contributed by atoms with E-state index in [1.165, 1.54) is 11.8 Å². The highest BCUT2D eigenvalue weighted by Gasteiger charge is 2.52. The summed E-state index contributed by atoms with van der Waals surface area (Å²) in [6.07, 6.45) is 3.11. The zero-order valence-corrected chi connectivity index (χ0v) is 17.6. The molecule has 9 heteroatoms. The van der Waals surface area contributed by atoms with Gasteiger partial charge in [0, 0.05) is 32.6 Å². The molecule has 0 radical (unpaired) electrons. The van der Waals surface area contributed by atoms with E-state index in [1.54, 1.807) is 21.9 Å². The van der Waals surface area contributed by atoms with Crippen molar-refractivity contribution in [2.24, 2.45) is 0 Å². The number of furan rings is 1. The molecule has 2 aromatic rings. The minimum atomic E-state index is -0.972. The minimum Gasteiger partial charge on any atom is -0.459 e. The van der Waals surface area contributed by atoms with Crippen LogP contribution in [0.4, 0.5) is 4.79 Å². The molecule has 1 unspecified atom stereocenters. The molecule has 1 aromatic heterocycles. The predicted molar refractivity (Wildman–Crippen MR) is 113 cm³/mol. The van der Waals surface area contributed by atoms with Crippen LogP contribution in [0, 0.1) is 0 Å². The van der Waals surface area contributed by atoms with Gasteiger partial charge in [0.2, 0.25) is 5.91 Å². The van der Waals surface area contributed by atoms with Crippen molar-refractivity contribution in [3.8, 4) is 0 Å². The lowest BCUT2D eigenvalue weighted by Gasteiger charge is -2.35. The maximum atomic E-state index is 13.2. The molecule has 3 aliphatic rings. The van der Waals surface area contributed by atoms with Crippen LogP contribution in [0.1, 0.15) is 28.1 Å². The number of nitrogens with zero attached hydrogens (tertiary/aromatic N) is 3. The van der Waals surface area contributed by atoms with Crippen molar-refractivity contribution in [1.82, 2.24) is 20.0 Å². The van der Waals surface area contributed by atoms with Crippen LogP contribution in [0.3, 0.4) is 0 Å². The fourth-order valence-corrected chi connectivity index (χ4v) is 4.79. The number of imide groups is 1. The highest BCUT2D eigenvalue weighted by atomic mass is 16.3. The van der Waals surface area contributed by atoms with Gasteiger partial charge >= 0.3 is 6.03 Å². The molecular formula is C23H24N4O5. The zero-order chi connectivity index (χ0) is 22.3. The fraction of sp³-hybridized carbons (Fsp3) is 0.391. The number of carbonyl (C=O) groups is 4. The molecule has 0 bridgehead atoms. The Bertz CT molecular complexity index is 1070. The van der Waals surface area contributed by atoms with Crippen LogP contribution in [0.5, 0.6) is 0 Å². The van der Waals surface area contributed by atoms with Crippen molar-refractivity contribution in [2.75, 3.05) is 32.7 Å². The number of carbonyl (C=O) groups excluding carboxylic acids is 4. The number of urea groups is 1. The molecule has 5 rings (SSSR count). The first-order valence-electron chi connectivity index (χ1n) is 10.8. The quantitative estimate of drug-likeness (QED) is 0.725. The highest BCUT2D eigenvalue weighted by molar-refractivity contribution is 6.09. The lowest BCUT2D eigenvalue weighted by molar-refractivity contribution is -0.140. The average molecular weight is 436 g/mol. The van der Waals surface area contributed by atoms with E-state index in [1.807, 2.05) is 24.3 Å². The third-order valence-electron chi connectivity index (χ3n) is 6.62. The molecule has 1 atom stereocenters. The van der Waals surface area contributed by atoms with Crippen LogP contribution in [0.25, 0.3) is 0 Å². The molecule has 9 nitrogen and oxygen atoms in total. The van der Waals surface area contributed by atoms with Crippen LogP contribution >= 0.6 is 0 Å². The van der Waals surface area contributed by atoms with E-state index in [2.05, 4.69) is 5.32 Å². The van der Waals surface area contributed by atoms with Gasteiger partial charge in [-0.3, -0.25) is 19.3 Å². The summed E-state index contributed by atoms with van der Waals surface area (Å²) in [5.74, 6) is -0.581. The van der Waals surface area contributed by atoms with E-state index in [0.717, 1.165) is 10.5 Å². The van der Waals surface area contributed by atoms with Crippen LogP contribution in [0.15, 0.2) is 47.1 Å². The van der Waals surface area contributed by atoms with Gasteiger partial charge in [-0.25, -0.2) is 4.79 Å². The number of hydrogen-bond donors (Lipinski definition) is 1. The van der Waals surface area contributed by atoms with Gasteiger partial charge in [-0.15, -0.1) is 0 Å². The first-order chi connectivity index (χ1) is 15.5. The lowest BCUT2D eigenvalue weighted by atomic mass is 9.78. The molecule has 1 aliphatic carbocycles. The predicted octanol–water partition coefficient (Wildman–Crippen LogP) is 1.04. The van der Waals surface area contributed by atoms with E-state index < -0.39 is 11.6 Å². The van der Waals surface area contributed by atoms with Crippen molar-refractivity contribution >= 4 is 23.8 Å². The first-order valence-corrected chi connectivity index (χ1v) is 10.8. The Balaban J connectivity index is 1.20. The molecule has 0 saturated carbocycles. The van der Waals surface area contributed by atoms with Crippen LogP contribution in [-0.2, 0) is 22.4 Å². The summed E-state index contributed by atoms with van der Waals surface area (Å²) in [5.41, 5.74) is 1.27. The van der Waals surface area contributed by atoms with E-state index in [4.69, 9.17) is 4.42 Å². The molecule has 2 saturated heterocycles. The normalized spacial score (nSPS) is 22.8. The van der Waals surface area contributed by atoms with Gasteiger partial charge in [0.05, 0.1) is 6.26 Å².